The molecular formula is C14H21N3O3S. The zero-order valence-corrected chi connectivity index (χ0v) is 13.5. The maximum Gasteiger partial charge on any atom is 0.267 e. The highest BCUT2D eigenvalue weighted by Gasteiger charge is 2.43. The molecule has 2 saturated heterocycles. The lowest BCUT2D eigenvalue weighted by atomic mass is 9.91. The van der Waals surface area contributed by atoms with E-state index < -0.39 is 5.79 Å². The Morgan fingerprint density at radius 3 is 2.71 bits per heavy atom. The average Bonchev–Trinajstić information content (AvgIpc) is 3.07. The smallest absolute Gasteiger partial charge is 0.267 e. The number of hydrogen-bond donors (Lipinski definition) is 0. The van der Waals surface area contributed by atoms with Crippen molar-refractivity contribution in [3.8, 4) is 0 Å². The van der Waals surface area contributed by atoms with Crippen LogP contribution in [-0.4, -0.2) is 52.5 Å². The molecule has 1 spiro atoms. The monoisotopic (exact) mass is 311 g/mol. The van der Waals surface area contributed by atoms with Gasteiger partial charge in [0.1, 0.15) is 4.88 Å². The van der Waals surface area contributed by atoms with Gasteiger partial charge in [0.2, 0.25) is 0 Å². The maximum atomic E-state index is 12.8. The van der Waals surface area contributed by atoms with E-state index in [0.717, 1.165) is 25.1 Å². The van der Waals surface area contributed by atoms with Crippen LogP contribution in [0.25, 0.3) is 0 Å². The van der Waals surface area contributed by atoms with Crippen molar-refractivity contribution in [1.29, 1.82) is 0 Å². The van der Waals surface area contributed by atoms with Gasteiger partial charge in [-0.15, -0.1) is 5.10 Å². The van der Waals surface area contributed by atoms with E-state index in [1.807, 2.05) is 25.7 Å². The molecule has 2 aliphatic rings. The number of likely N-dealkylation sites (tertiary alicyclic amines) is 1. The van der Waals surface area contributed by atoms with Crippen LogP contribution in [0, 0.1) is 0 Å². The molecule has 7 heteroatoms. The van der Waals surface area contributed by atoms with Crippen LogP contribution in [0.2, 0.25) is 0 Å². The predicted molar refractivity (Wildman–Crippen MR) is 78.4 cm³/mol. The number of nitrogens with zero attached hydrogens (tertiary/aromatic N) is 3. The third-order valence-electron chi connectivity index (χ3n) is 3.91. The standard InChI is InChI=1S/C14H21N3O3S/c1-13(2,3)11-10(21-16-15-11)12(18)17-6-4-5-14(9-17)19-7-8-20-14/h4-9H2,1-3H3. The second-order valence-electron chi connectivity index (χ2n) is 6.64. The van der Waals surface area contributed by atoms with Gasteiger partial charge in [0.25, 0.3) is 5.91 Å². The zero-order chi connectivity index (χ0) is 15.1. The van der Waals surface area contributed by atoms with E-state index in [1.54, 1.807) is 0 Å². The van der Waals surface area contributed by atoms with E-state index in [2.05, 4.69) is 9.59 Å². The van der Waals surface area contributed by atoms with Crippen LogP contribution >= 0.6 is 11.5 Å². The molecule has 0 saturated carbocycles. The fourth-order valence-electron chi connectivity index (χ4n) is 2.86. The molecule has 1 amide bonds. The molecule has 0 N–H and O–H groups in total. The SMILES string of the molecule is CC(C)(C)c1nnsc1C(=O)N1CCCC2(C1)OCCO2. The summed E-state index contributed by atoms with van der Waals surface area (Å²) >= 11 is 1.18. The van der Waals surface area contributed by atoms with Gasteiger partial charge < -0.3 is 14.4 Å². The van der Waals surface area contributed by atoms with Crippen LogP contribution in [0.3, 0.4) is 0 Å². The second-order valence-corrected chi connectivity index (χ2v) is 7.39. The van der Waals surface area contributed by atoms with Gasteiger partial charge in [-0.25, -0.2) is 0 Å². The normalized spacial score (nSPS) is 22.0. The molecule has 21 heavy (non-hydrogen) atoms. The lowest BCUT2D eigenvalue weighted by Gasteiger charge is -2.38. The number of rotatable bonds is 1. The highest BCUT2D eigenvalue weighted by Crippen LogP contribution is 2.32. The molecule has 3 heterocycles. The Hall–Kier alpha value is -1.05. The first kappa shape index (κ1) is 14.9. The van der Waals surface area contributed by atoms with Crippen molar-refractivity contribution in [2.24, 2.45) is 0 Å². The van der Waals surface area contributed by atoms with E-state index in [9.17, 15) is 4.79 Å². The molecule has 0 atom stereocenters. The zero-order valence-electron chi connectivity index (χ0n) is 12.7. The van der Waals surface area contributed by atoms with Gasteiger partial charge in [0.15, 0.2) is 5.79 Å². The molecule has 116 valence electrons. The van der Waals surface area contributed by atoms with Crippen LogP contribution in [0.5, 0.6) is 0 Å². The largest absolute Gasteiger partial charge is 0.346 e. The van der Waals surface area contributed by atoms with Crippen LogP contribution < -0.4 is 0 Å². The minimum Gasteiger partial charge on any atom is -0.346 e. The molecule has 1 aromatic heterocycles. The van der Waals surface area contributed by atoms with Crippen molar-refractivity contribution in [3.05, 3.63) is 10.6 Å². The summed E-state index contributed by atoms with van der Waals surface area (Å²) in [5.41, 5.74) is 0.580. The Morgan fingerprint density at radius 1 is 1.33 bits per heavy atom. The number of ether oxygens (including phenoxy) is 2. The number of carbonyl (C=O) groups is 1. The number of carbonyl (C=O) groups excluding carboxylic acids is 1. The lowest BCUT2D eigenvalue weighted by molar-refractivity contribution is -0.183. The Kier molecular flexibility index (Phi) is 3.75. The first-order valence-electron chi connectivity index (χ1n) is 7.31. The molecule has 0 radical (unpaired) electrons. The van der Waals surface area contributed by atoms with Crippen molar-refractivity contribution in [1.82, 2.24) is 14.5 Å². The Balaban J connectivity index is 1.81. The summed E-state index contributed by atoms with van der Waals surface area (Å²) in [6.45, 7) is 8.57. The van der Waals surface area contributed by atoms with Crippen molar-refractivity contribution >= 4 is 17.4 Å². The summed E-state index contributed by atoms with van der Waals surface area (Å²) in [7, 11) is 0. The second kappa shape index (κ2) is 5.30. The van der Waals surface area contributed by atoms with Gasteiger partial charge >= 0.3 is 0 Å². The van der Waals surface area contributed by atoms with Crippen molar-refractivity contribution in [2.45, 2.75) is 44.8 Å². The Labute approximate surface area is 128 Å². The predicted octanol–water partition coefficient (Wildman–Crippen LogP) is 1.81. The Morgan fingerprint density at radius 2 is 2.05 bits per heavy atom. The molecule has 2 fully saturated rings. The molecule has 0 aromatic carbocycles. The van der Waals surface area contributed by atoms with Crippen molar-refractivity contribution < 1.29 is 14.3 Å². The van der Waals surface area contributed by atoms with E-state index in [-0.39, 0.29) is 11.3 Å². The summed E-state index contributed by atoms with van der Waals surface area (Å²) in [4.78, 5) is 15.3. The van der Waals surface area contributed by atoms with Gasteiger partial charge in [-0.2, -0.15) is 0 Å². The quantitative estimate of drug-likeness (QED) is 0.791. The number of amides is 1. The van der Waals surface area contributed by atoms with Gasteiger partial charge in [-0.1, -0.05) is 25.3 Å². The van der Waals surface area contributed by atoms with Crippen LogP contribution in [0.4, 0.5) is 0 Å². The van der Waals surface area contributed by atoms with Crippen molar-refractivity contribution in [2.75, 3.05) is 26.3 Å². The summed E-state index contributed by atoms with van der Waals surface area (Å²) in [5, 5.41) is 4.15. The topological polar surface area (TPSA) is 64.6 Å². The number of hydrogen-bond acceptors (Lipinski definition) is 6. The molecule has 0 aliphatic carbocycles. The third kappa shape index (κ3) is 2.82. The van der Waals surface area contributed by atoms with Gasteiger partial charge in [0.05, 0.1) is 25.5 Å². The number of piperidine rings is 1. The lowest BCUT2D eigenvalue weighted by Crippen LogP contribution is -2.51. The fourth-order valence-corrected chi connectivity index (χ4v) is 3.70. The molecular weight excluding hydrogens is 290 g/mol. The fraction of sp³-hybridized carbons (Fsp3) is 0.786. The summed E-state index contributed by atoms with van der Waals surface area (Å²) in [6, 6.07) is 0. The summed E-state index contributed by atoms with van der Waals surface area (Å²) in [6.07, 6.45) is 1.74. The highest BCUT2D eigenvalue weighted by molar-refractivity contribution is 7.08. The molecule has 1 aromatic rings. The summed E-state index contributed by atoms with van der Waals surface area (Å²) in [5.74, 6) is -0.596. The highest BCUT2D eigenvalue weighted by atomic mass is 32.1. The van der Waals surface area contributed by atoms with E-state index in [1.165, 1.54) is 11.5 Å². The van der Waals surface area contributed by atoms with Crippen LogP contribution in [0.1, 0.15) is 49.0 Å². The van der Waals surface area contributed by atoms with Crippen molar-refractivity contribution in [3.63, 3.8) is 0 Å². The molecule has 0 unspecified atom stereocenters. The first-order chi connectivity index (χ1) is 9.91. The van der Waals surface area contributed by atoms with E-state index in [4.69, 9.17) is 9.47 Å². The molecule has 0 bridgehead atoms. The van der Waals surface area contributed by atoms with Crippen LogP contribution in [-0.2, 0) is 14.9 Å². The molecule has 2 aliphatic heterocycles. The Bertz CT molecular complexity index is 532. The van der Waals surface area contributed by atoms with Crippen LogP contribution in [0.15, 0.2) is 0 Å². The maximum absolute atomic E-state index is 12.8. The van der Waals surface area contributed by atoms with E-state index >= 15 is 0 Å². The third-order valence-corrected chi connectivity index (χ3v) is 4.62. The molecule has 6 nitrogen and oxygen atoms in total. The number of aromatic nitrogens is 2. The minimum atomic E-state index is -0.589. The molecule has 3 rings (SSSR count). The van der Waals surface area contributed by atoms with Gasteiger partial charge in [-0.3, -0.25) is 4.79 Å². The first-order valence-corrected chi connectivity index (χ1v) is 8.09. The van der Waals surface area contributed by atoms with Gasteiger partial charge in [0, 0.05) is 18.4 Å². The average molecular weight is 311 g/mol. The van der Waals surface area contributed by atoms with E-state index in [0.29, 0.717) is 24.6 Å². The summed E-state index contributed by atoms with van der Waals surface area (Å²) < 4.78 is 15.4. The van der Waals surface area contributed by atoms with Gasteiger partial charge in [-0.05, 0) is 18.0 Å². The minimum absolute atomic E-state index is 0.00639.